The lowest BCUT2D eigenvalue weighted by atomic mass is 10.0. The number of thiophene rings is 1. The van der Waals surface area contributed by atoms with Crippen LogP contribution in [0.15, 0.2) is 11.4 Å². The van der Waals surface area contributed by atoms with Gasteiger partial charge in [-0.1, -0.05) is 13.8 Å². The van der Waals surface area contributed by atoms with Crippen molar-refractivity contribution < 1.29 is 9.59 Å². The molecule has 1 N–H and O–H groups in total. The second-order valence-corrected chi connectivity index (χ2v) is 5.89. The Morgan fingerprint density at radius 1 is 1.32 bits per heavy atom. The molecule has 0 saturated carbocycles. The smallest absolute Gasteiger partial charge is 0.246 e. The molecule has 4 nitrogen and oxygen atoms in total. The van der Waals surface area contributed by atoms with Gasteiger partial charge in [0.25, 0.3) is 0 Å². The zero-order chi connectivity index (χ0) is 14.0. The maximum Gasteiger partial charge on any atom is 0.246 e. The molecule has 1 aromatic rings. The Bertz CT molecular complexity index is 484. The van der Waals surface area contributed by atoms with E-state index in [1.54, 1.807) is 16.2 Å². The molecule has 0 aromatic carbocycles. The summed E-state index contributed by atoms with van der Waals surface area (Å²) in [4.78, 5) is 27.4. The first-order chi connectivity index (χ1) is 9.08. The first kappa shape index (κ1) is 14.1. The lowest BCUT2D eigenvalue weighted by molar-refractivity contribution is -0.150. The van der Waals surface area contributed by atoms with Crippen LogP contribution in [0.4, 0.5) is 0 Å². The Balaban J connectivity index is 2.24. The average Bonchev–Trinajstić information content (AvgIpc) is 2.79. The summed E-state index contributed by atoms with van der Waals surface area (Å²) in [5, 5.41) is 4.84. The molecule has 2 atom stereocenters. The minimum absolute atomic E-state index is 0.0249. The van der Waals surface area contributed by atoms with Crippen molar-refractivity contribution in [1.29, 1.82) is 0 Å². The predicted octanol–water partition coefficient (Wildman–Crippen LogP) is 2.07. The Kier molecular flexibility index (Phi) is 4.24. The van der Waals surface area contributed by atoms with Crippen LogP contribution in [0.5, 0.6) is 0 Å². The number of nitrogens with zero attached hydrogens (tertiary/aromatic N) is 1. The van der Waals surface area contributed by atoms with E-state index in [0.717, 1.165) is 4.88 Å². The molecule has 104 valence electrons. The number of piperazine rings is 1. The molecule has 2 rings (SSSR count). The monoisotopic (exact) mass is 280 g/mol. The van der Waals surface area contributed by atoms with E-state index in [1.807, 2.05) is 32.2 Å². The quantitative estimate of drug-likeness (QED) is 0.918. The van der Waals surface area contributed by atoms with Gasteiger partial charge in [0, 0.05) is 4.88 Å². The van der Waals surface area contributed by atoms with E-state index in [2.05, 4.69) is 5.32 Å². The highest BCUT2D eigenvalue weighted by molar-refractivity contribution is 7.10. The average molecular weight is 280 g/mol. The number of carbonyl (C=O) groups is 2. The van der Waals surface area contributed by atoms with E-state index in [0.29, 0.717) is 19.4 Å². The molecule has 5 heteroatoms. The van der Waals surface area contributed by atoms with Gasteiger partial charge in [0.05, 0.1) is 6.54 Å². The Morgan fingerprint density at radius 2 is 2.05 bits per heavy atom. The van der Waals surface area contributed by atoms with Crippen LogP contribution in [0.25, 0.3) is 0 Å². The Morgan fingerprint density at radius 3 is 2.58 bits per heavy atom. The molecule has 1 fully saturated rings. The number of aryl methyl sites for hydroxylation is 1. The third kappa shape index (κ3) is 2.66. The maximum atomic E-state index is 12.4. The minimum Gasteiger partial charge on any atom is -0.343 e. The van der Waals surface area contributed by atoms with Gasteiger partial charge in [-0.15, -0.1) is 11.3 Å². The zero-order valence-corrected chi connectivity index (χ0v) is 12.4. The fourth-order valence-corrected chi connectivity index (χ4v) is 3.32. The normalized spacial score (nSPS) is 23.6. The first-order valence-corrected chi connectivity index (χ1v) is 7.60. The standard InChI is InChI=1S/C14H20N2O2S/c1-4-10-14(18)16(11(5-2)13(17)15-10)8-12-9(3)6-7-19-12/h6-7,10-11H,4-5,8H2,1-3H3,(H,15,17). The molecule has 2 unspecified atom stereocenters. The molecule has 2 amide bonds. The molecule has 1 saturated heterocycles. The lowest BCUT2D eigenvalue weighted by Gasteiger charge is -2.38. The van der Waals surface area contributed by atoms with Gasteiger partial charge in [-0.3, -0.25) is 9.59 Å². The van der Waals surface area contributed by atoms with Crippen molar-refractivity contribution in [2.75, 3.05) is 0 Å². The van der Waals surface area contributed by atoms with E-state index < -0.39 is 0 Å². The van der Waals surface area contributed by atoms with Crippen LogP contribution in [-0.4, -0.2) is 28.8 Å². The van der Waals surface area contributed by atoms with Gasteiger partial charge in [0.2, 0.25) is 11.8 Å². The largest absolute Gasteiger partial charge is 0.343 e. The number of carbonyl (C=O) groups excluding carboxylic acids is 2. The SMILES string of the molecule is CCC1NC(=O)C(CC)N(Cc2sccc2C)C1=O. The molecular weight excluding hydrogens is 260 g/mol. The lowest BCUT2D eigenvalue weighted by Crippen LogP contribution is -2.62. The van der Waals surface area contributed by atoms with E-state index >= 15 is 0 Å². The summed E-state index contributed by atoms with van der Waals surface area (Å²) in [6.45, 7) is 6.45. The van der Waals surface area contributed by atoms with Gasteiger partial charge < -0.3 is 10.2 Å². The van der Waals surface area contributed by atoms with Crippen LogP contribution in [0.3, 0.4) is 0 Å². The first-order valence-electron chi connectivity index (χ1n) is 6.72. The van der Waals surface area contributed by atoms with Crippen LogP contribution in [-0.2, 0) is 16.1 Å². The highest BCUT2D eigenvalue weighted by atomic mass is 32.1. The summed E-state index contributed by atoms with van der Waals surface area (Å²) >= 11 is 1.64. The van der Waals surface area contributed by atoms with Crippen molar-refractivity contribution in [1.82, 2.24) is 10.2 Å². The third-order valence-corrected chi connectivity index (χ3v) is 4.66. The molecule has 0 aliphatic carbocycles. The third-order valence-electron chi connectivity index (χ3n) is 3.65. The number of amides is 2. The van der Waals surface area contributed by atoms with Crippen LogP contribution < -0.4 is 5.32 Å². The second kappa shape index (κ2) is 5.74. The number of hydrogen-bond donors (Lipinski definition) is 1. The predicted molar refractivity (Wildman–Crippen MR) is 75.9 cm³/mol. The van der Waals surface area contributed by atoms with Crippen molar-refractivity contribution in [3.8, 4) is 0 Å². The molecule has 0 bridgehead atoms. The van der Waals surface area contributed by atoms with Crippen molar-refractivity contribution in [2.24, 2.45) is 0 Å². The number of nitrogens with one attached hydrogen (secondary N) is 1. The summed E-state index contributed by atoms with van der Waals surface area (Å²) in [6, 6.07) is 1.35. The van der Waals surface area contributed by atoms with Gasteiger partial charge in [-0.05, 0) is 36.8 Å². The molecule has 1 aromatic heterocycles. The molecular formula is C14H20N2O2S. The van der Waals surface area contributed by atoms with Crippen LogP contribution in [0, 0.1) is 6.92 Å². The summed E-state index contributed by atoms with van der Waals surface area (Å²) in [5.41, 5.74) is 1.19. The second-order valence-electron chi connectivity index (χ2n) is 4.89. The van der Waals surface area contributed by atoms with Crippen molar-refractivity contribution >= 4 is 23.2 Å². The summed E-state index contributed by atoms with van der Waals surface area (Å²) in [6.07, 6.45) is 1.29. The van der Waals surface area contributed by atoms with Crippen molar-refractivity contribution in [2.45, 2.75) is 52.2 Å². The van der Waals surface area contributed by atoms with Crippen LogP contribution in [0.1, 0.15) is 37.1 Å². The van der Waals surface area contributed by atoms with Gasteiger partial charge in [0.1, 0.15) is 12.1 Å². The topological polar surface area (TPSA) is 49.4 Å². The highest BCUT2D eigenvalue weighted by Gasteiger charge is 2.38. The van der Waals surface area contributed by atoms with Crippen molar-refractivity contribution in [3.63, 3.8) is 0 Å². The van der Waals surface area contributed by atoms with E-state index in [1.165, 1.54) is 5.56 Å². The fraction of sp³-hybridized carbons (Fsp3) is 0.571. The highest BCUT2D eigenvalue weighted by Crippen LogP contribution is 2.23. The van der Waals surface area contributed by atoms with Gasteiger partial charge in [-0.25, -0.2) is 0 Å². The fourth-order valence-electron chi connectivity index (χ4n) is 2.42. The summed E-state index contributed by atoms with van der Waals surface area (Å²) < 4.78 is 0. The minimum atomic E-state index is -0.365. The molecule has 1 aliphatic heterocycles. The summed E-state index contributed by atoms with van der Waals surface area (Å²) in [5.74, 6) is 0.0184. The van der Waals surface area contributed by atoms with E-state index in [4.69, 9.17) is 0 Å². The molecule has 0 radical (unpaired) electrons. The van der Waals surface area contributed by atoms with E-state index in [9.17, 15) is 9.59 Å². The van der Waals surface area contributed by atoms with Gasteiger partial charge >= 0.3 is 0 Å². The molecule has 19 heavy (non-hydrogen) atoms. The zero-order valence-electron chi connectivity index (χ0n) is 11.6. The van der Waals surface area contributed by atoms with Crippen LogP contribution in [0.2, 0.25) is 0 Å². The van der Waals surface area contributed by atoms with Crippen molar-refractivity contribution in [3.05, 3.63) is 21.9 Å². The Hall–Kier alpha value is -1.36. The molecule has 2 heterocycles. The summed E-state index contributed by atoms with van der Waals surface area (Å²) in [7, 11) is 0. The van der Waals surface area contributed by atoms with Crippen LogP contribution >= 0.6 is 11.3 Å². The number of hydrogen-bond acceptors (Lipinski definition) is 3. The maximum absolute atomic E-state index is 12.4. The molecule has 1 aliphatic rings. The van der Waals surface area contributed by atoms with Gasteiger partial charge in [-0.2, -0.15) is 0 Å². The van der Waals surface area contributed by atoms with Gasteiger partial charge in [0.15, 0.2) is 0 Å². The van der Waals surface area contributed by atoms with E-state index in [-0.39, 0.29) is 23.9 Å². The Labute approximate surface area is 117 Å². The molecule has 0 spiro atoms. The number of rotatable bonds is 4.